The van der Waals surface area contributed by atoms with E-state index in [4.69, 9.17) is 0 Å². The van der Waals surface area contributed by atoms with Crippen molar-refractivity contribution in [3.05, 3.63) is 0 Å². The summed E-state index contributed by atoms with van der Waals surface area (Å²) in [4.78, 5) is 2.31. The molecule has 0 aromatic heterocycles. The lowest BCUT2D eigenvalue weighted by molar-refractivity contribution is -0.420. The molecule has 0 aliphatic carbocycles. The van der Waals surface area contributed by atoms with E-state index < -0.39 is 6.10 Å². The van der Waals surface area contributed by atoms with Crippen molar-refractivity contribution in [2.24, 2.45) is 0 Å². The molecule has 1 saturated heterocycles. The van der Waals surface area contributed by atoms with Crippen molar-refractivity contribution < 1.29 is 5.11 Å². The fraction of sp³-hybridized carbons (Fsp3) is 1.00. The van der Waals surface area contributed by atoms with Gasteiger partial charge in [0.15, 0.2) is 0 Å². The van der Waals surface area contributed by atoms with Crippen LogP contribution in [0.3, 0.4) is 0 Å². The topological polar surface area (TPSA) is 53.0 Å². The highest BCUT2D eigenvalue weighted by Crippen LogP contribution is 2.04. The normalized spacial score (nSPS) is 21.0. The van der Waals surface area contributed by atoms with Gasteiger partial charge in [-0.3, -0.25) is 0 Å². The smallest absolute Gasteiger partial charge is 0.135 e. The molecule has 1 radical (unpaired) electrons. The minimum atomic E-state index is -0.400. The number of nitrogens with one attached hydrogen (secondary N) is 2. The Kier molecular flexibility index (Phi) is 9.48. The molecule has 0 aromatic rings. The van der Waals surface area contributed by atoms with Crippen LogP contribution < -0.4 is 20.6 Å². The molecule has 4 nitrogen and oxygen atoms in total. The molecule has 1 unspecified atom stereocenters. The summed E-state index contributed by atoms with van der Waals surface area (Å²) in [7, 11) is 0. The number of nitrogens with zero attached hydrogens (tertiary/aromatic N) is 1. The molecule has 0 aromatic carbocycles. The van der Waals surface area contributed by atoms with Gasteiger partial charge in [-0.2, -0.15) is 4.90 Å². The van der Waals surface area contributed by atoms with E-state index in [1.54, 1.807) is 0 Å². The van der Waals surface area contributed by atoms with Crippen molar-refractivity contribution in [3.63, 3.8) is 0 Å². The van der Waals surface area contributed by atoms with Crippen LogP contribution in [0.25, 0.3) is 0 Å². The van der Waals surface area contributed by atoms with Crippen LogP contribution in [0.15, 0.2) is 0 Å². The fourth-order valence-electron chi connectivity index (χ4n) is 2.37. The van der Waals surface area contributed by atoms with Crippen molar-refractivity contribution in [1.82, 2.24) is 15.5 Å². The zero-order valence-corrected chi connectivity index (χ0v) is 11.9. The second-order valence-electron chi connectivity index (χ2n) is 5.27. The fourth-order valence-corrected chi connectivity index (χ4v) is 2.37. The minimum Gasteiger partial charge on any atom is -0.848 e. The zero-order chi connectivity index (χ0) is 13.1. The van der Waals surface area contributed by atoms with Gasteiger partial charge in [-0.1, -0.05) is 45.1 Å². The second-order valence-corrected chi connectivity index (χ2v) is 5.27. The van der Waals surface area contributed by atoms with E-state index in [0.717, 1.165) is 58.7 Å². The SMILES string of the molecule is CCCCCCC([O-])C[N+]1CCNCCNCC1. The van der Waals surface area contributed by atoms with Gasteiger partial charge in [-0.05, 0) is 0 Å². The lowest BCUT2D eigenvalue weighted by Gasteiger charge is -2.23. The average Bonchev–Trinajstić information content (AvgIpc) is 2.49. The molecular weight excluding hydrogens is 226 g/mol. The van der Waals surface area contributed by atoms with Crippen molar-refractivity contribution >= 4 is 0 Å². The summed E-state index contributed by atoms with van der Waals surface area (Å²) >= 11 is 0. The molecule has 0 amide bonds. The van der Waals surface area contributed by atoms with Gasteiger partial charge in [0, 0.05) is 26.2 Å². The first kappa shape index (κ1) is 15.9. The molecule has 1 fully saturated rings. The molecule has 1 heterocycles. The Bertz CT molecular complexity index is 180. The summed E-state index contributed by atoms with van der Waals surface area (Å²) in [6.07, 6.45) is 5.28. The van der Waals surface area contributed by atoms with Gasteiger partial charge in [0.2, 0.25) is 0 Å². The van der Waals surface area contributed by atoms with Crippen molar-refractivity contribution in [2.75, 3.05) is 45.8 Å². The first-order valence-electron chi connectivity index (χ1n) is 7.62. The Labute approximate surface area is 112 Å². The van der Waals surface area contributed by atoms with E-state index in [1.807, 2.05) is 0 Å². The van der Waals surface area contributed by atoms with E-state index in [2.05, 4.69) is 22.5 Å². The van der Waals surface area contributed by atoms with Gasteiger partial charge in [0.05, 0.1) is 0 Å². The highest BCUT2D eigenvalue weighted by atomic mass is 16.3. The third kappa shape index (κ3) is 8.03. The van der Waals surface area contributed by atoms with Crippen LogP contribution in [0.4, 0.5) is 0 Å². The summed E-state index contributed by atoms with van der Waals surface area (Å²) in [6, 6.07) is 0. The van der Waals surface area contributed by atoms with Gasteiger partial charge >= 0.3 is 0 Å². The maximum Gasteiger partial charge on any atom is 0.135 e. The molecule has 18 heavy (non-hydrogen) atoms. The summed E-state index contributed by atoms with van der Waals surface area (Å²) in [6.45, 7) is 9.02. The molecular formula is C14H30N3O. The van der Waals surface area contributed by atoms with Crippen LogP contribution in [0.5, 0.6) is 0 Å². The molecule has 1 atom stereocenters. The number of unbranched alkanes of at least 4 members (excludes halogenated alkanes) is 3. The average molecular weight is 256 g/mol. The summed E-state index contributed by atoms with van der Waals surface area (Å²) in [5, 5.41) is 18.7. The van der Waals surface area contributed by atoms with Crippen LogP contribution >= 0.6 is 0 Å². The number of rotatable bonds is 7. The molecule has 1 aliphatic heterocycles. The molecule has 1 rings (SSSR count). The largest absolute Gasteiger partial charge is 0.848 e. The van der Waals surface area contributed by atoms with Crippen LogP contribution in [-0.2, 0) is 0 Å². The third-order valence-electron chi connectivity index (χ3n) is 3.53. The van der Waals surface area contributed by atoms with E-state index in [0.29, 0.717) is 0 Å². The minimum absolute atomic E-state index is 0.400. The zero-order valence-electron chi connectivity index (χ0n) is 11.9. The van der Waals surface area contributed by atoms with Crippen LogP contribution in [0.1, 0.15) is 39.0 Å². The van der Waals surface area contributed by atoms with Crippen molar-refractivity contribution in [2.45, 2.75) is 45.1 Å². The first-order valence-corrected chi connectivity index (χ1v) is 7.62. The molecule has 2 N–H and O–H groups in total. The van der Waals surface area contributed by atoms with Gasteiger partial charge in [-0.25, -0.2) is 0 Å². The summed E-state index contributed by atoms with van der Waals surface area (Å²) < 4.78 is 0. The van der Waals surface area contributed by atoms with Crippen LogP contribution in [0, 0.1) is 0 Å². The molecule has 0 bridgehead atoms. The quantitative estimate of drug-likeness (QED) is 0.499. The standard InChI is InChI=1S/C14H30N3O/c1-2-3-4-5-6-14(18)13-17-11-9-15-7-8-16-10-12-17/h14-16H,2-13H2,1H3. The Hall–Kier alpha value is -0.160. The number of hydrogen-bond acceptors (Lipinski definition) is 4. The lowest BCUT2D eigenvalue weighted by Crippen LogP contribution is -2.47. The number of hydrogen-bond donors (Lipinski definition) is 2. The molecule has 1 aliphatic rings. The molecule has 107 valence electrons. The van der Waals surface area contributed by atoms with Crippen molar-refractivity contribution in [1.29, 1.82) is 0 Å². The van der Waals surface area contributed by atoms with Gasteiger partial charge < -0.3 is 15.7 Å². The Morgan fingerprint density at radius 2 is 1.67 bits per heavy atom. The molecule has 0 spiro atoms. The van der Waals surface area contributed by atoms with E-state index in [-0.39, 0.29) is 0 Å². The van der Waals surface area contributed by atoms with E-state index in [9.17, 15) is 5.11 Å². The maximum absolute atomic E-state index is 12.0. The molecule has 4 heteroatoms. The summed E-state index contributed by atoms with van der Waals surface area (Å²) in [5.41, 5.74) is 0. The third-order valence-corrected chi connectivity index (χ3v) is 3.53. The van der Waals surface area contributed by atoms with E-state index in [1.165, 1.54) is 19.3 Å². The Morgan fingerprint density at radius 1 is 1.00 bits per heavy atom. The van der Waals surface area contributed by atoms with Gasteiger partial charge in [0.1, 0.15) is 19.6 Å². The first-order chi connectivity index (χ1) is 8.83. The van der Waals surface area contributed by atoms with Crippen LogP contribution in [-0.4, -0.2) is 51.9 Å². The Morgan fingerprint density at radius 3 is 2.28 bits per heavy atom. The monoisotopic (exact) mass is 256 g/mol. The summed E-state index contributed by atoms with van der Waals surface area (Å²) in [5.74, 6) is 0. The maximum atomic E-state index is 12.0. The Balaban J connectivity index is 2.12. The highest BCUT2D eigenvalue weighted by molar-refractivity contribution is 4.73. The predicted molar refractivity (Wildman–Crippen MR) is 75.0 cm³/mol. The van der Waals surface area contributed by atoms with E-state index >= 15 is 0 Å². The lowest BCUT2D eigenvalue weighted by atomic mass is 10.1. The van der Waals surface area contributed by atoms with Gasteiger partial charge in [0.25, 0.3) is 0 Å². The highest BCUT2D eigenvalue weighted by Gasteiger charge is 2.16. The van der Waals surface area contributed by atoms with Crippen LogP contribution in [0.2, 0.25) is 0 Å². The molecule has 0 saturated carbocycles. The van der Waals surface area contributed by atoms with Crippen molar-refractivity contribution in [3.8, 4) is 0 Å². The predicted octanol–water partition coefficient (Wildman–Crippen LogP) is 0.0186. The van der Waals surface area contributed by atoms with Gasteiger partial charge in [-0.15, -0.1) is 0 Å². The second kappa shape index (κ2) is 10.7.